The average Bonchev–Trinajstić information content (AvgIpc) is 2.33. The first-order chi connectivity index (χ1) is 8.10. The van der Waals surface area contributed by atoms with E-state index in [-0.39, 0.29) is 23.0 Å². The van der Waals surface area contributed by atoms with Gasteiger partial charge in [-0.25, -0.2) is 0 Å². The minimum absolute atomic E-state index is 0.0253. The van der Waals surface area contributed by atoms with Gasteiger partial charge in [0.25, 0.3) is 5.91 Å². The van der Waals surface area contributed by atoms with Gasteiger partial charge >= 0.3 is 0 Å². The average molecular weight is 302 g/mol. The summed E-state index contributed by atoms with van der Waals surface area (Å²) in [6.07, 6.45) is 0.846. The van der Waals surface area contributed by atoms with Crippen molar-refractivity contribution in [3.05, 3.63) is 23.8 Å². The molecular formula is C12H16BrNO3. The fourth-order valence-corrected chi connectivity index (χ4v) is 1.77. The van der Waals surface area contributed by atoms with Crippen molar-refractivity contribution < 1.29 is 15.0 Å². The lowest BCUT2D eigenvalue weighted by Crippen LogP contribution is -2.32. The van der Waals surface area contributed by atoms with Crippen molar-refractivity contribution in [3.63, 3.8) is 0 Å². The Balaban J connectivity index is 2.89. The molecule has 1 aromatic rings. The molecule has 0 saturated carbocycles. The largest absolute Gasteiger partial charge is 0.508 e. The van der Waals surface area contributed by atoms with E-state index in [1.165, 1.54) is 18.2 Å². The van der Waals surface area contributed by atoms with Crippen LogP contribution in [0.15, 0.2) is 18.2 Å². The highest BCUT2D eigenvalue weighted by atomic mass is 79.9. The van der Waals surface area contributed by atoms with E-state index >= 15 is 0 Å². The Labute approximate surface area is 109 Å². The molecule has 0 aliphatic rings. The molecule has 0 atom stereocenters. The van der Waals surface area contributed by atoms with Crippen LogP contribution in [-0.2, 0) is 0 Å². The lowest BCUT2D eigenvalue weighted by Gasteiger charge is -2.21. The molecule has 2 N–H and O–H groups in total. The highest BCUT2D eigenvalue weighted by molar-refractivity contribution is 9.09. The topological polar surface area (TPSA) is 60.8 Å². The molecule has 0 spiro atoms. The standard InChI is InChI=1S/C12H16BrNO3/c1-2-14(7-3-6-13)12(17)10-8-9(15)4-5-11(10)16/h4-5,8,15-16H,2-3,6-7H2,1H3. The molecule has 0 radical (unpaired) electrons. The van der Waals surface area contributed by atoms with Crippen molar-refractivity contribution in [1.82, 2.24) is 4.90 Å². The van der Waals surface area contributed by atoms with Gasteiger partial charge in [-0.3, -0.25) is 4.79 Å². The summed E-state index contributed by atoms with van der Waals surface area (Å²) in [4.78, 5) is 13.7. The zero-order valence-electron chi connectivity index (χ0n) is 9.69. The zero-order chi connectivity index (χ0) is 12.8. The Morgan fingerprint density at radius 2 is 2.12 bits per heavy atom. The van der Waals surface area contributed by atoms with E-state index in [1.807, 2.05) is 6.92 Å². The fourth-order valence-electron chi connectivity index (χ4n) is 1.52. The van der Waals surface area contributed by atoms with Gasteiger partial charge in [0.15, 0.2) is 0 Å². The molecule has 94 valence electrons. The van der Waals surface area contributed by atoms with E-state index in [9.17, 15) is 15.0 Å². The molecule has 1 amide bonds. The molecule has 4 nitrogen and oxygen atoms in total. The van der Waals surface area contributed by atoms with Crippen molar-refractivity contribution in [3.8, 4) is 11.5 Å². The SMILES string of the molecule is CCN(CCCBr)C(=O)c1cc(O)ccc1O. The monoisotopic (exact) mass is 301 g/mol. The van der Waals surface area contributed by atoms with E-state index in [2.05, 4.69) is 15.9 Å². The van der Waals surface area contributed by atoms with E-state index < -0.39 is 0 Å². The number of carbonyl (C=O) groups excluding carboxylic acids is 1. The number of amides is 1. The number of halogens is 1. The molecule has 1 aromatic carbocycles. The summed E-state index contributed by atoms with van der Waals surface area (Å²) >= 11 is 3.31. The van der Waals surface area contributed by atoms with Crippen LogP contribution in [0.4, 0.5) is 0 Å². The maximum atomic E-state index is 12.1. The number of phenolic OH excluding ortho intramolecular Hbond substituents is 2. The Morgan fingerprint density at radius 1 is 1.41 bits per heavy atom. The minimum Gasteiger partial charge on any atom is -0.508 e. The molecule has 0 bridgehead atoms. The Bertz CT molecular complexity index is 395. The first kappa shape index (κ1) is 13.8. The smallest absolute Gasteiger partial charge is 0.257 e. The second-order valence-electron chi connectivity index (χ2n) is 3.63. The Hall–Kier alpha value is -1.23. The van der Waals surface area contributed by atoms with Crippen LogP contribution < -0.4 is 0 Å². The number of benzene rings is 1. The lowest BCUT2D eigenvalue weighted by molar-refractivity contribution is 0.0761. The summed E-state index contributed by atoms with van der Waals surface area (Å²) in [5.41, 5.74) is 0.140. The predicted molar refractivity (Wildman–Crippen MR) is 69.8 cm³/mol. The van der Waals surface area contributed by atoms with Gasteiger partial charge in [0.2, 0.25) is 0 Å². The highest BCUT2D eigenvalue weighted by Gasteiger charge is 2.17. The van der Waals surface area contributed by atoms with Crippen LogP contribution in [0.3, 0.4) is 0 Å². The Kier molecular flexibility index (Phi) is 5.28. The van der Waals surface area contributed by atoms with E-state index in [1.54, 1.807) is 4.90 Å². The lowest BCUT2D eigenvalue weighted by atomic mass is 10.1. The first-order valence-corrected chi connectivity index (χ1v) is 6.59. The van der Waals surface area contributed by atoms with Gasteiger partial charge in [-0.2, -0.15) is 0 Å². The molecule has 0 aliphatic carbocycles. The third-order valence-electron chi connectivity index (χ3n) is 2.44. The maximum absolute atomic E-state index is 12.1. The number of hydrogen-bond acceptors (Lipinski definition) is 3. The molecule has 0 unspecified atom stereocenters. The summed E-state index contributed by atoms with van der Waals surface area (Å²) in [5.74, 6) is -0.394. The minimum atomic E-state index is -0.262. The molecule has 17 heavy (non-hydrogen) atoms. The van der Waals surface area contributed by atoms with Crippen molar-refractivity contribution in [2.24, 2.45) is 0 Å². The van der Waals surface area contributed by atoms with Gasteiger partial charge in [-0.15, -0.1) is 0 Å². The van der Waals surface area contributed by atoms with Gasteiger partial charge in [0, 0.05) is 18.4 Å². The van der Waals surface area contributed by atoms with Crippen molar-refractivity contribution in [1.29, 1.82) is 0 Å². The molecule has 0 aromatic heterocycles. The number of hydrogen-bond donors (Lipinski definition) is 2. The number of nitrogens with zero attached hydrogens (tertiary/aromatic N) is 1. The highest BCUT2D eigenvalue weighted by Crippen LogP contribution is 2.23. The van der Waals surface area contributed by atoms with Gasteiger partial charge in [0.05, 0.1) is 5.56 Å². The number of rotatable bonds is 5. The second kappa shape index (κ2) is 6.49. The molecular weight excluding hydrogens is 286 g/mol. The van der Waals surface area contributed by atoms with Gasteiger partial charge in [0.1, 0.15) is 11.5 Å². The van der Waals surface area contributed by atoms with Crippen LogP contribution in [0, 0.1) is 0 Å². The van der Waals surface area contributed by atoms with Crippen LogP contribution in [0.2, 0.25) is 0 Å². The molecule has 0 fully saturated rings. The summed E-state index contributed by atoms with van der Waals surface area (Å²) in [6.45, 7) is 3.07. The molecule has 1 rings (SSSR count). The van der Waals surface area contributed by atoms with Crippen molar-refractivity contribution >= 4 is 21.8 Å². The maximum Gasteiger partial charge on any atom is 0.257 e. The molecule has 5 heteroatoms. The van der Waals surface area contributed by atoms with Gasteiger partial charge < -0.3 is 15.1 Å². The normalized spacial score (nSPS) is 10.2. The van der Waals surface area contributed by atoms with E-state index in [4.69, 9.17) is 0 Å². The van der Waals surface area contributed by atoms with Crippen LogP contribution in [0.1, 0.15) is 23.7 Å². The van der Waals surface area contributed by atoms with Crippen LogP contribution in [0.25, 0.3) is 0 Å². The number of carbonyl (C=O) groups is 1. The predicted octanol–water partition coefficient (Wildman–Crippen LogP) is 2.34. The molecule has 0 aliphatic heterocycles. The molecule has 0 saturated heterocycles. The van der Waals surface area contributed by atoms with E-state index in [0.29, 0.717) is 13.1 Å². The summed E-state index contributed by atoms with van der Waals surface area (Å²) < 4.78 is 0. The molecule has 0 heterocycles. The third-order valence-corrected chi connectivity index (χ3v) is 3.00. The first-order valence-electron chi connectivity index (χ1n) is 5.47. The van der Waals surface area contributed by atoms with Crippen LogP contribution in [0.5, 0.6) is 11.5 Å². The second-order valence-corrected chi connectivity index (χ2v) is 4.42. The number of aromatic hydroxyl groups is 2. The van der Waals surface area contributed by atoms with Gasteiger partial charge in [-0.1, -0.05) is 15.9 Å². The van der Waals surface area contributed by atoms with Gasteiger partial charge in [-0.05, 0) is 31.5 Å². The zero-order valence-corrected chi connectivity index (χ0v) is 11.3. The summed E-state index contributed by atoms with van der Waals surface area (Å²) in [5, 5.41) is 19.8. The Morgan fingerprint density at radius 3 is 2.71 bits per heavy atom. The quantitative estimate of drug-likeness (QED) is 0.648. The number of phenols is 2. The van der Waals surface area contributed by atoms with Crippen LogP contribution in [-0.4, -0.2) is 39.4 Å². The summed E-state index contributed by atoms with van der Waals surface area (Å²) in [7, 11) is 0. The van der Waals surface area contributed by atoms with Crippen LogP contribution >= 0.6 is 15.9 Å². The van der Waals surface area contributed by atoms with Crippen molar-refractivity contribution in [2.75, 3.05) is 18.4 Å². The summed E-state index contributed by atoms with van der Waals surface area (Å²) in [6, 6.07) is 3.95. The fraction of sp³-hybridized carbons (Fsp3) is 0.417. The van der Waals surface area contributed by atoms with E-state index in [0.717, 1.165) is 11.8 Å². The number of alkyl halides is 1. The van der Waals surface area contributed by atoms with Crippen molar-refractivity contribution in [2.45, 2.75) is 13.3 Å². The third kappa shape index (κ3) is 3.63.